The smallest absolute Gasteiger partial charge is 0.217 e. The Labute approximate surface area is 186 Å². The fraction of sp³-hybridized carbons (Fsp3) is 0.636. The summed E-state index contributed by atoms with van der Waals surface area (Å²) in [5.41, 5.74) is 8.39. The fourth-order valence-electron chi connectivity index (χ4n) is 4.88. The van der Waals surface area contributed by atoms with Gasteiger partial charge in [-0.2, -0.15) is 0 Å². The maximum Gasteiger partial charge on any atom is 0.217 e. The van der Waals surface area contributed by atoms with E-state index in [-0.39, 0.29) is 35.3 Å². The predicted molar refractivity (Wildman–Crippen MR) is 126 cm³/mol. The molecular formula is C22H35IN4O. The second kappa shape index (κ2) is 10.5. The number of amides is 1. The zero-order chi connectivity index (χ0) is 19.3. The lowest BCUT2D eigenvalue weighted by atomic mass is 9.78. The van der Waals surface area contributed by atoms with Gasteiger partial charge in [0.05, 0.1) is 0 Å². The third-order valence-corrected chi connectivity index (χ3v) is 6.30. The molecule has 0 spiro atoms. The third kappa shape index (κ3) is 5.61. The molecule has 1 unspecified atom stereocenters. The molecule has 1 saturated heterocycles. The summed E-state index contributed by atoms with van der Waals surface area (Å²) in [6, 6.07) is 8.98. The van der Waals surface area contributed by atoms with Crippen molar-refractivity contribution in [1.82, 2.24) is 10.2 Å². The Balaban J connectivity index is 0.00000280. The largest absolute Gasteiger partial charge is 0.370 e. The molecule has 1 amide bonds. The van der Waals surface area contributed by atoms with Crippen molar-refractivity contribution < 1.29 is 4.79 Å². The number of likely N-dealkylation sites (tertiary alicyclic amines) is 1. The fourth-order valence-corrected chi connectivity index (χ4v) is 4.88. The second-order valence-electron chi connectivity index (χ2n) is 8.38. The molecule has 5 nitrogen and oxygen atoms in total. The van der Waals surface area contributed by atoms with E-state index >= 15 is 0 Å². The van der Waals surface area contributed by atoms with E-state index in [9.17, 15) is 4.79 Å². The molecule has 28 heavy (non-hydrogen) atoms. The molecular weight excluding hydrogens is 463 g/mol. The van der Waals surface area contributed by atoms with Crippen molar-refractivity contribution in [1.29, 1.82) is 0 Å². The van der Waals surface area contributed by atoms with Gasteiger partial charge >= 0.3 is 0 Å². The highest BCUT2D eigenvalue weighted by Gasteiger charge is 2.36. The summed E-state index contributed by atoms with van der Waals surface area (Å²) in [5, 5.41) is 3.67. The Morgan fingerprint density at radius 3 is 2.71 bits per heavy atom. The molecule has 0 radical (unpaired) electrons. The number of nitrogens with zero attached hydrogens (tertiary/aromatic N) is 2. The van der Waals surface area contributed by atoms with Crippen molar-refractivity contribution in [3.05, 3.63) is 35.4 Å². The molecule has 1 aliphatic carbocycles. The van der Waals surface area contributed by atoms with Crippen LogP contribution in [-0.2, 0) is 10.2 Å². The first-order valence-electron chi connectivity index (χ1n) is 10.3. The average molecular weight is 498 g/mol. The summed E-state index contributed by atoms with van der Waals surface area (Å²) < 4.78 is 0. The van der Waals surface area contributed by atoms with Crippen molar-refractivity contribution in [3.63, 3.8) is 0 Å². The van der Waals surface area contributed by atoms with Crippen molar-refractivity contribution in [3.8, 4) is 0 Å². The third-order valence-electron chi connectivity index (χ3n) is 6.30. The van der Waals surface area contributed by atoms with Crippen molar-refractivity contribution >= 4 is 35.8 Å². The van der Waals surface area contributed by atoms with Gasteiger partial charge in [0.15, 0.2) is 5.96 Å². The van der Waals surface area contributed by atoms with Gasteiger partial charge in [0, 0.05) is 38.5 Å². The number of rotatable bonds is 5. The first kappa shape index (κ1) is 23.0. The van der Waals surface area contributed by atoms with Crippen molar-refractivity contribution in [2.45, 2.75) is 57.3 Å². The molecule has 1 heterocycles. The molecule has 156 valence electrons. The Morgan fingerprint density at radius 2 is 2.07 bits per heavy atom. The van der Waals surface area contributed by atoms with E-state index < -0.39 is 0 Å². The van der Waals surface area contributed by atoms with E-state index in [2.05, 4.69) is 46.4 Å². The van der Waals surface area contributed by atoms with Gasteiger partial charge in [0.25, 0.3) is 0 Å². The minimum atomic E-state index is -0.200. The van der Waals surface area contributed by atoms with Crippen LogP contribution in [-0.4, -0.2) is 43.4 Å². The van der Waals surface area contributed by atoms with Crippen LogP contribution >= 0.6 is 24.0 Å². The summed E-state index contributed by atoms with van der Waals surface area (Å²) in [4.78, 5) is 18.1. The molecule has 0 bridgehead atoms. The maximum atomic E-state index is 11.3. The van der Waals surface area contributed by atoms with Gasteiger partial charge in [-0.05, 0) is 44.1 Å². The van der Waals surface area contributed by atoms with E-state index in [1.807, 2.05) is 7.05 Å². The topological polar surface area (TPSA) is 70.7 Å². The van der Waals surface area contributed by atoms with Gasteiger partial charge < -0.3 is 16.0 Å². The van der Waals surface area contributed by atoms with Crippen molar-refractivity contribution in [2.75, 3.05) is 26.7 Å². The molecule has 1 atom stereocenters. The zero-order valence-electron chi connectivity index (χ0n) is 17.2. The Kier molecular flexibility index (Phi) is 8.58. The second-order valence-corrected chi connectivity index (χ2v) is 8.38. The summed E-state index contributed by atoms with van der Waals surface area (Å²) in [5.74, 6) is 1.10. The Hall–Kier alpha value is -1.31. The van der Waals surface area contributed by atoms with Crippen molar-refractivity contribution in [2.24, 2.45) is 16.6 Å². The maximum absolute atomic E-state index is 11.3. The number of piperidine rings is 1. The molecule has 3 N–H and O–H groups in total. The number of hydrogen-bond donors (Lipinski definition) is 2. The lowest BCUT2D eigenvalue weighted by molar-refractivity contribution is -0.119. The van der Waals surface area contributed by atoms with Gasteiger partial charge in [-0.1, -0.05) is 42.7 Å². The highest BCUT2D eigenvalue weighted by Crippen LogP contribution is 2.41. The number of aryl methyl sites for hydroxylation is 1. The monoisotopic (exact) mass is 498 g/mol. The number of halogens is 1. The number of nitrogens with two attached hydrogens (primary N) is 1. The lowest BCUT2D eigenvalue weighted by Crippen LogP contribution is -2.50. The van der Waals surface area contributed by atoms with Gasteiger partial charge in [-0.3, -0.25) is 9.79 Å². The number of carbonyl (C=O) groups is 1. The normalized spacial score (nSPS) is 21.9. The Morgan fingerprint density at radius 1 is 1.32 bits per heavy atom. The van der Waals surface area contributed by atoms with Gasteiger partial charge in [-0.25, -0.2) is 0 Å². The molecule has 3 rings (SSSR count). The van der Waals surface area contributed by atoms with E-state index in [1.165, 1.54) is 36.8 Å². The minimum Gasteiger partial charge on any atom is -0.370 e. The molecule has 0 aromatic heterocycles. The first-order chi connectivity index (χ1) is 13.0. The lowest BCUT2D eigenvalue weighted by Gasteiger charge is -2.37. The number of carbonyl (C=O) groups excluding carboxylic acids is 1. The molecule has 6 heteroatoms. The minimum absolute atomic E-state index is 0. The summed E-state index contributed by atoms with van der Waals surface area (Å²) in [6.07, 6.45) is 7.67. The number of nitrogens with one attached hydrogen (secondary N) is 1. The highest BCUT2D eigenvalue weighted by molar-refractivity contribution is 14.0. The molecule has 1 aromatic rings. The average Bonchev–Trinajstić information content (AvgIpc) is 3.12. The van der Waals surface area contributed by atoms with Crippen LogP contribution in [0.3, 0.4) is 0 Å². The molecule has 1 aromatic carbocycles. The van der Waals surface area contributed by atoms with Gasteiger partial charge in [-0.15, -0.1) is 24.0 Å². The molecule has 2 fully saturated rings. The van der Waals surface area contributed by atoms with Crippen LogP contribution in [0.25, 0.3) is 0 Å². The summed E-state index contributed by atoms with van der Waals surface area (Å²) in [7, 11) is 1.86. The van der Waals surface area contributed by atoms with E-state index in [0.29, 0.717) is 12.3 Å². The van der Waals surface area contributed by atoms with Gasteiger partial charge in [0.2, 0.25) is 5.91 Å². The van der Waals surface area contributed by atoms with Gasteiger partial charge in [0.1, 0.15) is 0 Å². The SMILES string of the molecule is CN=C(NCC1(c2cccc(C)c2)CCCC1)N1CCCC(CC(N)=O)C1.I. The van der Waals surface area contributed by atoms with Crippen LogP contribution in [0.5, 0.6) is 0 Å². The van der Waals surface area contributed by atoms with E-state index in [0.717, 1.165) is 38.4 Å². The van der Waals surface area contributed by atoms with Crippen LogP contribution in [0.4, 0.5) is 0 Å². The summed E-state index contributed by atoms with van der Waals surface area (Å²) in [6.45, 7) is 4.94. The summed E-state index contributed by atoms with van der Waals surface area (Å²) >= 11 is 0. The number of hydrogen-bond acceptors (Lipinski definition) is 2. The molecule has 1 saturated carbocycles. The molecule has 2 aliphatic rings. The highest BCUT2D eigenvalue weighted by atomic mass is 127. The quantitative estimate of drug-likeness (QED) is 0.371. The van der Waals surface area contributed by atoms with Crippen LogP contribution in [0, 0.1) is 12.8 Å². The number of guanidine groups is 1. The zero-order valence-corrected chi connectivity index (χ0v) is 19.6. The number of primary amides is 1. The predicted octanol–water partition coefficient (Wildman–Crippen LogP) is 3.59. The first-order valence-corrected chi connectivity index (χ1v) is 10.3. The number of benzene rings is 1. The Bertz CT molecular complexity index is 685. The van der Waals surface area contributed by atoms with E-state index in [4.69, 9.17) is 5.73 Å². The van der Waals surface area contributed by atoms with Crippen LogP contribution in [0.2, 0.25) is 0 Å². The van der Waals surface area contributed by atoms with Crippen LogP contribution in [0.1, 0.15) is 56.1 Å². The molecule has 1 aliphatic heterocycles. The number of aliphatic imine (C=N–C) groups is 1. The standard InChI is InChI=1S/C22H34N4O.HI/c1-17-7-5-9-19(13-17)22(10-3-4-11-22)16-25-21(24-2)26-12-6-8-18(15-26)14-20(23)27;/h5,7,9,13,18H,3-4,6,8,10-12,14-16H2,1-2H3,(H2,23,27)(H,24,25);1H. The van der Waals surface area contributed by atoms with Crippen LogP contribution in [0.15, 0.2) is 29.3 Å². The van der Waals surface area contributed by atoms with Crippen LogP contribution < -0.4 is 11.1 Å². The van der Waals surface area contributed by atoms with E-state index in [1.54, 1.807) is 0 Å².